The molecule has 7 rings (SSSR count). The minimum Gasteiger partial charge on any atom is -0.311 e. The van der Waals surface area contributed by atoms with Crippen LogP contribution < -0.4 is 26.2 Å². The zero-order chi connectivity index (χ0) is 26.1. The van der Waals surface area contributed by atoms with Gasteiger partial charge >= 0.3 is 0 Å². The Labute approximate surface area is 201 Å². The first kappa shape index (κ1) is 14.0. The summed E-state index contributed by atoms with van der Waals surface area (Å²) in [5, 5.41) is 0. The van der Waals surface area contributed by atoms with Crippen molar-refractivity contribution >= 4 is 57.2 Å². The second kappa shape index (κ2) is 7.14. The molecule has 0 aromatic heterocycles. The molecule has 0 aliphatic carbocycles. The Bertz CT molecular complexity index is 1730. The molecule has 2 aliphatic rings. The molecule has 0 atom stereocenters. The van der Waals surface area contributed by atoms with Crippen molar-refractivity contribution in [2.24, 2.45) is 0 Å². The highest BCUT2D eigenvalue weighted by Crippen LogP contribution is 2.43. The lowest BCUT2D eigenvalue weighted by atomic mass is 9.33. The quantitative estimate of drug-likeness (QED) is 0.325. The molecule has 0 spiro atoms. The topological polar surface area (TPSA) is 6.48 Å². The second-order valence-electron chi connectivity index (χ2n) is 8.24. The van der Waals surface area contributed by atoms with Crippen molar-refractivity contribution < 1.29 is 6.85 Å². The molecule has 154 valence electrons. The third kappa shape index (κ3) is 2.63. The van der Waals surface area contributed by atoms with E-state index in [0.717, 1.165) is 44.8 Å². The van der Waals surface area contributed by atoms with Crippen molar-refractivity contribution in [2.75, 3.05) is 9.80 Å². The molecule has 33 heavy (non-hydrogen) atoms. The van der Waals surface area contributed by atoms with Crippen molar-refractivity contribution in [3.63, 3.8) is 0 Å². The number of hydrogen-bond acceptors (Lipinski definition) is 2. The largest absolute Gasteiger partial charge is 0.311 e. The van der Waals surface area contributed by atoms with Crippen molar-refractivity contribution in [1.29, 1.82) is 0 Å². The van der Waals surface area contributed by atoms with E-state index in [0.29, 0.717) is 0 Å². The fraction of sp³-hybridized carbons (Fsp3) is 0. The van der Waals surface area contributed by atoms with Gasteiger partial charge in [0.2, 0.25) is 0 Å². The predicted molar refractivity (Wildman–Crippen MR) is 140 cm³/mol. The van der Waals surface area contributed by atoms with Crippen molar-refractivity contribution in [2.45, 2.75) is 0 Å². The Morgan fingerprint density at radius 1 is 0.485 bits per heavy atom. The van der Waals surface area contributed by atoms with Crippen LogP contribution in [0, 0.1) is 0 Å². The summed E-state index contributed by atoms with van der Waals surface area (Å²) in [7, 11) is 0. The summed E-state index contributed by atoms with van der Waals surface area (Å²) in [6.07, 6.45) is 0. The Morgan fingerprint density at radius 3 is 1.64 bits per heavy atom. The number of rotatable bonds is 2. The number of benzene rings is 5. The van der Waals surface area contributed by atoms with E-state index in [2.05, 4.69) is 53.4 Å². The summed E-state index contributed by atoms with van der Waals surface area (Å²) in [6, 6.07) is 31.1. The van der Waals surface area contributed by atoms with Crippen molar-refractivity contribution in [3.8, 4) is 0 Å². The molecule has 0 amide bonds. The van der Waals surface area contributed by atoms with Crippen LogP contribution in [0.5, 0.6) is 0 Å². The zero-order valence-electron chi connectivity index (χ0n) is 22.7. The Balaban J connectivity index is 1.60. The highest BCUT2D eigenvalue weighted by atomic mass is 15.2. The maximum atomic E-state index is 8.78. The van der Waals surface area contributed by atoms with E-state index in [1.807, 2.05) is 53.4 Å². The number of nitrogens with zero attached hydrogens (tertiary/aromatic N) is 2. The van der Waals surface area contributed by atoms with E-state index in [-0.39, 0.29) is 36.6 Å². The molecule has 0 saturated heterocycles. The van der Waals surface area contributed by atoms with Gasteiger partial charge in [0.15, 0.2) is 0 Å². The number of para-hydroxylation sites is 4. The molecule has 5 aromatic rings. The Kier molecular flexibility index (Phi) is 3.04. The first-order chi connectivity index (χ1) is 18.5. The molecule has 0 fully saturated rings. The maximum absolute atomic E-state index is 8.78. The Morgan fingerprint density at radius 2 is 1.00 bits per heavy atom. The molecule has 2 heterocycles. The van der Waals surface area contributed by atoms with Crippen LogP contribution in [-0.2, 0) is 0 Å². The summed E-state index contributed by atoms with van der Waals surface area (Å²) < 4.78 is 42.4. The minimum atomic E-state index is -0.397. The van der Waals surface area contributed by atoms with E-state index in [1.165, 1.54) is 0 Å². The normalized spacial score (nSPS) is 15.4. The van der Waals surface area contributed by atoms with Gasteiger partial charge in [0.1, 0.15) is 0 Å². The average molecular weight is 425 g/mol. The molecule has 0 saturated carbocycles. The number of hydrogen-bond donors (Lipinski definition) is 0. The zero-order valence-corrected chi connectivity index (χ0v) is 17.7. The van der Waals surface area contributed by atoms with Gasteiger partial charge in [-0.05, 0) is 64.9 Å². The monoisotopic (exact) mass is 425 g/mol. The molecule has 0 bridgehead atoms. The second-order valence-corrected chi connectivity index (χ2v) is 8.24. The molecule has 2 aliphatic heterocycles. The van der Waals surface area contributed by atoms with Gasteiger partial charge in [0, 0.05) is 34.1 Å². The van der Waals surface area contributed by atoms with Crippen LogP contribution in [0.15, 0.2) is 127 Å². The fourth-order valence-electron chi connectivity index (χ4n) is 5.29. The molecular formula is C30H21BN2. The van der Waals surface area contributed by atoms with E-state index >= 15 is 0 Å². The standard InChI is InChI=1S/C30H21BN2/c1-3-12-22(13-4-1)32-26-18-9-7-16-24(26)31-25-17-8-10-19-27(25)33(23-14-5-2-6-15-23)29-21-11-20-28(32)30(29)31/h1-21H/i1D,3D,4D,12D,13D. The van der Waals surface area contributed by atoms with Crippen LogP contribution in [0.2, 0.25) is 0 Å². The predicted octanol–water partition coefficient (Wildman–Crippen LogP) is 5.77. The van der Waals surface area contributed by atoms with Crippen LogP contribution >= 0.6 is 0 Å². The summed E-state index contributed by atoms with van der Waals surface area (Å²) in [4.78, 5) is 4.10. The minimum absolute atomic E-state index is 0.0745. The highest BCUT2D eigenvalue weighted by molar-refractivity contribution is 7.00. The molecule has 2 nitrogen and oxygen atoms in total. The van der Waals surface area contributed by atoms with Crippen LogP contribution in [0.4, 0.5) is 34.1 Å². The van der Waals surface area contributed by atoms with E-state index in [9.17, 15) is 0 Å². The van der Waals surface area contributed by atoms with Gasteiger partial charge in [0.25, 0.3) is 6.71 Å². The van der Waals surface area contributed by atoms with Gasteiger partial charge in [-0.1, -0.05) is 78.8 Å². The lowest BCUT2D eigenvalue weighted by molar-refractivity contribution is 1.25. The van der Waals surface area contributed by atoms with Crippen molar-refractivity contribution in [1.82, 2.24) is 0 Å². The SMILES string of the molecule is [2H]c1c([2H])c([2H])c(N2c3ccccc3B3c4ccccc4N(c4ccccc4)c4cccc2c43)c([2H])c1[2H]. The summed E-state index contributed by atoms with van der Waals surface area (Å²) in [6.45, 7) is -0.0745. The molecule has 5 aromatic carbocycles. The van der Waals surface area contributed by atoms with Gasteiger partial charge in [-0.2, -0.15) is 0 Å². The van der Waals surface area contributed by atoms with E-state index in [1.54, 1.807) is 0 Å². The van der Waals surface area contributed by atoms with Gasteiger partial charge in [-0.3, -0.25) is 0 Å². The molecule has 0 unspecified atom stereocenters. The third-order valence-corrected chi connectivity index (χ3v) is 6.53. The van der Waals surface area contributed by atoms with Crippen LogP contribution in [0.25, 0.3) is 0 Å². The van der Waals surface area contributed by atoms with Gasteiger partial charge in [0.05, 0.1) is 6.85 Å². The van der Waals surface area contributed by atoms with Crippen LogP contribution in [0.1, 0.15) is 6.85 Å². The first-order valence-corrected chi connectivity index (χ1v) is 11.0. The van der Waals surface area contributed by atoms with Crippen molar-refractivity contribution in [3.05, 3.63) is 127 Å². The molecule has 3 heteroatoms. The molecule has 0 N–H and O–H groups in total. The molecule has 0 radical (unpaired) electrons. The third-order valence-electron chi connectivity index (χ3n) is 6.53. The smallest absolute Gasteiger partial charge is 0.252 e. The van der Waals surface area contributed by atoms with E-state index < -0.39 is 6.04 Å². The summed E-state index contributed by atoms with van der Waals surface area (Å²) >= 11 is 0. The number of anilines is 6. The Hall–Kier alpha value is -4.24. The van der Waals surface area contributed by atoms with Gasteiger partial charge < -0.3 is 9.80 Å². The average Bonchev–Trinajstić information content (AvgIpc) is 2.96. The summed E-state index contributed by atoms with van der Waals surface area (Å²) in [5.41, 5.74) is 8.12. The van der Waals surface area contributed by atoms with Crippen LogP contribution in [-0.4, -0.2) is 6.71 Å². The highest BCUT2D eigenvalue weighted by Gasteiger charge is 2.42. The fourth-order valence-corrected chi connectivity index (χ4v) is 5.29. The molecular weight excluding hydrogens is 399 g/mol. The van der Waals surface area contributed by atoms with E-state index in [4.69, 9.17) is 6.85 Å². The summed E-state index contributed by atoms with van der Waals surface area (Å²) in [5.74, 6) is 0. The van der Waals surface area contributed by atoms with Crippen LogP contribution in [0.3, 0.4) is 0 Å². The van der Waals surface area contributed by atoms with Gasteiger partial charge in [-0.15, -0.1) is 0 Å². The van der Waals surface area contributed by atoms with Gasteiger partial charge in [-0.25, -0.2) is 0 Å². The maximum Gasteiger partial charge on any atom is 0.252 e. The number of fused-ring (bicyclic) bond motifs is 4. The lowest BCUT2D eigenvalue weighted by Crippen LogP contribution is -2.61. The first-order valence-electron chi connectivity index (χ1n) is 13.5. The lowest BCUT2D eigenvalue weighted by Gasteiger charge is -2.44.